The van der Waals surface area contributed by atoms with Crippen LogP contribution in [-0.4, -0.2) is 19.5 Å². The van der Waals surface area contributed by atoms with Crippen molar-refractivity contribution in [1.29, 1.82) is 0 Å². The topological polar surface area (TPSA) is 56.7 Å². The lowest BCUT2D eigenvalue weighted by Crippen LogP contribution is -2.01. The molecule has 0 aliphatic rings. The third-order valence-corrected chi connectivity index (χ3v) is 10.2. The fourth-order valence-electron chi connectivity index (χ4n) is 7.80. The molecule has 8 aromatic carbocycles. The van der Waals surface area contributed by atoms with Gasteiger partial charge in [-0.3, -0.25) is 0 Å². The van der Waals surface area contributed by atoms with Crippen molar-refractivity contribution >= 4 is 65.3 Å². The van der Waals surface area contributed by atoms with E-state index < -0.39 is 0 Å². The summed E-state index contributed by atoms with van der Waals surface area (Å²) in [6.45, 7) is 0. The molecule has 3 heterocycles. The summed E-state index contributed by atoms with van der Waals surface area (Å²) in [5, 5.41) is 9.02. The van der Waals surface area contributed by atoms with E-state index in [2.05, 4.69) is 126 Å². The van der Waals surface area contributed by atoms with Crippen LogP contribution in [0.1, 0.15) is 0 Å². The highest BCUT2D eigenvalue weighted by Crippen LogP contribution is 2.41. The Morgan fingerprint density at radius 1 is 0.404 bits per heavy atom. The molecular formula is C47H28N4O. The first-order chi connectivity index (χ1) is 25.8. The van der Waals surface area contributed by atoms with Crippen LogP contribution >= 0.6 is 0 Å². The fraction of sp³-hybridized carbons (Fsp3) is 0. The van der Waals surface area contributed by atoms with E-state index in [-0.39, 0.29) is 0 Å². The zero-order valence-electron chi connectivity index (χ0n) is 27.9. The number of aromatic nitrogens is 4. The molecule has 0 atom stereocenters. The summed E-state index contributed by atoms with van der Waals surface area (Å²) in [7, 11) is 0. The molecule has 0 fully saturated rings. The Labute approximate surface area is 298 Å². The minimum Gasteiger partial charge on any atom is -0.455 e. The summed E-state index contributed by atoms with van der Waals surface area (Å²) in [6, 6.07) is 59.2. The lowest BCUT2D eigenvalue weighted by Gasteiger charge is -2.12. The maximum absolute atomic E-state index is 6.54. The second-order valence-corrected chi connectivity index (χ2v) is 13.2. The van der Waals surface area contributed by atoms with Crippen molar-refractivity contribution in [2.45, 2.75) is 0 Å². The van der Waals surface area contributed by atoms with E-state index in [1.54, 1.807) is 0 Å². The molecule has 0 amide bonds. The van der Waals surface area contributed by atoms with Gasteiger partial charge < -0.3 is 8.98 Å². The summed E-state index contributed by atoms with van der Waals surface area (Å²) in [5.41, 5.74) is 7.74. The van der Waals surface area contributed by atoms with Crippen LogP contribution in [0.5, 0.6) is 0 Å². The van der Waals surface area contributed by atoms with Gasteiger partial charge in [-0.2, -0.15) is 0 Å². The zero-order chi connectivity index (χ0) is 34.2. The smallest absolute Gasteiger partial charge is 0.164 e. The van der Waals surface area contributed by atoms with E-state index in [0.29, 0.717) is 17.5 Å². The lowest BCUT2D eigenvalue weighted by atomic mass is 9.99. The molecule has 242 valence electrons. The van der Waals surface area contributed by atoms with E-state index >= 15 is 0 Å². The molecule has 0 saturated heterocycles. The van der Waals surface area contributed by atoms with Crippen molar-refractivity contribution in [3.05, 3.63) is 170 Å². The summed E-state index contributed by atoms with van der Waals surface area (Å²) in [6.07, 6.45) is 0. The molecule has 0 bridgehead atoms. The van der Waals surface area contributed by atoms with Crippen molar-refractivity contribution in [3.8, 4) is 39.9 Å². The maximum atomic E-state index is 6.54. The number of furan rings is 1. The van der Waals surface area contributed by atoms with Gasteiger partial charge >= 0.3 is 0 Å². The first kappa shape index (κ1) is 28.7. The minimum absolute atomic E-state index is 0.597. The van der Waals surface area contributed by atoms with Crippen molar-refractivity contribution in [2.24, 2.45) is 0 Å². The fourth-order valence-corrected chi connectivity index (χ4v) is 7.80. The standard InChI is InChI=1S/C47H28N4O/c1-2-13-29(14-3-1)45-48-46(50-47(49-45)39-27-32-17-6-7-20-35(32)44-43(39)37-22-9-11-24-42(37)52-44)33-18-12-19-34(25-33)51-40-23-10-8-21-36(40)38-26-30-15-4-5-16-31(30)28-41(38)51/h1-28H. The van der Waals surface area contributed by atoms with Crippen LogP contribution < -0.4 is 0 Å². The van der Waals surface area contributed by atoms with Gasteiger partial charge in [0.25, 0.3) is 0 Å². The summed E-state index contributed by atoms with van der Waals surface area (Å²) in [5.74, 6) is 1.81. The molecule has 52 heavy (non-hydrogen) atoms. The van der Waals surface area contributed by atoms with E-state index in [4.69, 9.17) is 19.4 Å². The lowest BCUT2D eigenvalue weighted by molar-refractivity contribution is 0.672. The molecule has 11 aromatic rings. The Morgan fingerprint density at radius 3 is 1.88 bits per heavy atom. The Bertz CT molecular complexity index is 3190. The van der Waals surface area contributed by atoms with Crippen molar-refractivity contribution < 1.29 is 4.42 Å². The van der Waals surface area contributed by atoms with Crippen molar-refractivity contribution in [2.75, 3.05) is 0 Å². The van der Waals surface area contributed by atoms with Crippen LogP contribution in [0, 0.1) is 0 Å². The first-order valence-corrected chi connectivity index (χ1v) is 17.4. The Balaban J connectivity index is 1.17. The van der Waals surface area contributed by atoms with Gasteiger partial charge in [0.15, 0.2) is 17.5 Å². The predicted molar refractivity (Wildman–Crippen MR) is 213 cm³/mol. The number of benzene rings is 8. The molecule has 0 N–H and O–H groups in total. The number of para-hydroxylation sites is 2. The zero-order valence-corrected chi connectivity index (χ0v) is 27.9. The molecule has 0 radical (unpaired) electrons. The Kier molecular flexibility index (Phi) is 6.18. The van der Waals surface area contributed by atoms with E-state index in [1.165, 1.54) is 21.5 Å². The highest BCUT2D eigenvalue weighted by Gasteiger charge is 2.21. The van der Waals surface area contributed by atoms with Crippen LogP contribution in [0.4, 0.5) is 0 Å². The number of fused-ring (bicyclic) bond motifs is 9. The molecule has 11 rings (SSSR count). The van der Waals surface area contributed by atoms with Crippen molar-refractivity contribution in [3.63, 3.8) is 0 Å². The van der Waals surface area contributed by atoms with Crippen molar-refractivity contribution in [1.82, 2.24) is 19.5 Å². The van der Waals surface area contributed by atoms with E-state index in [9.17, 15) is 0 Å². The van der Waals surface area contributed by atoms with Crippen LogP contribution in [0.25, 0.3) is 105 Å². The van der Waals surface area contributed by atoms with Gasteiger partial charge in [0.2, 0.25) is 0 Å². The molecule has 0 unspecified atom stereocenters. The van der Waals surface area contributed by atoms with Gasteiger partial charge in [-0.15, -0.1) is 0 Å². The molecule has 3 aromatic heterocycles. The molecule has 0 saturated carbocycles. The normalized spacial score (nSPS) is 11.8. The quantitative estimate of drug-likeness (QED) is 0.188. The predicted octanol–water partition coefficient (Wildman–Crippen LogP) is 12.2. The molecule has 0 aliphatic heterocycles. The van der Waals surface area contributed by atoms with Gasteiger partial charge in [-0.05, 0) is 58.6 Å². The average Bonchev–Trinajstić information content (AvgIpc) is 3.76. The van der Waals surface area contributed by atoms with Gasteiger partial charge in [0.1, 0.15) is 11.2 Å². The number of hydrogen-bond acceptors (Lipinski definition) is 4. The van der Waals surface area contributed by atoms with Gasteiger partial charge in [0.05, 0.1) is 11.0 Å². The van der Waals surface area contributed by atoms with Crippen LogP contribution in [0.3, 0.4) is 0 Å². The summed E-state index contributed by atoms with van der Waals surface area (Å²) < 4.78 is 8.89. The van der Waals surface area contributed by atoms with Gasteiger partial charge in [0, 0.05) is 49.3 Å². The Morgan fingerprint density at radius 2 is 1.04 bits per heavy atom. The molecule has 0 spiro atoms. The first-order valence-electron chi connectivity index (χ1n) is 17.4. The highest BCUT2D eigenvalue weighted by molar-refractivity contribution is 6.21. The van der Waals surface area contributed by atoms with Crippen LogP contribution in [0.15, 0.2) is 174 Å². The number of hydrogen-bond donors (Lipinski definition) is 0. The van der Waals surface area contributed by atoms with Gasteiger partial charge in [-0.25, -0.2) is 15.0 Å². The maximum Gasteiger partial charge on any atom is 0.164 e. The molecule has 5 nitrogen and oxygen atoms in total. The molecule has 5 heteroatoms. The molecular weight excluding hydrogens is 637 g/mol. The van der Waals surface area contributed by atoms with Crippen LogP contribution in [-0.2, 0) is 0 Å². The number of rotatable bonds is 4. The summed E-state index contributed by atoms with van der Waals surface area (Å²) in [4.78, 5) is 15.5. The molecule has 0 aliphatic carbocycles. The number of nitrogens with zero attached hydrogens (tertiary/aromatic N) is 4. The van der Waals surface area contributed by atoms with Gasteiger partial charge in [-0.1, -0.05) is 127 Å². The van der Waals surface area contributed by atoms with E-state index in [0.717, 1.165) is 66.1 Å². The second-order valence-electron chi connectivity index (χ2n) is 13.2. The Hall–Kier alpha value is -7.11. The average molecular weight is 665 g/mol. The SMILES string of the molecule is c1ccc(-c2nc(-c3cccc(-n4c5ccccc5c5cc6ccccc6cc54)c3)nc(-c3cc4ccccc4c4oc5ccccc5c34)n2)cc1. The second kappa shape index (κ2) is 11.2. The monoisotopic (exact) mass is 664 g/mol. The largest absolute Gasteiger partial charge is 0.455 e. The third kappa shape index (κ3) is 4.39. The van der Waals surface area contributed by atoms with E-state index in [1.807, 2.05) is 48.5 Å². The third-order valence-electron chi connectivity index (χ3n) is 10.2. The minimum atomic E-state index is 0.597. The van der Waals surface area contributed by atoms with Crippen LogP contribution in [0.2, 0.25) is 0 Å². The summed E-state index contributed by atoms with van der Waals surface area (Å²) >= 11 is 0. The highest BCUT2D eigenvalue weighted by atomic mass is 16.3.